The van der Waals surface area contributed by atoms with Gasteiger partial charge in [-0.15, -0.1) is 0 Å². The van der Waals surface area contributed by atoms with Crippen molar-refractivity contribution in [1.29, 1.82) is 0 Å². The molecule has 0 spiro atoms. The van der Waals surface area contributed by atoms with Crippen LogP contribution < -0.4 is 5.32 Å². The first kappa shape index (κ1) is 16.6. The Balaban J connectivity index is 2.05. The molecule has 0 saturated carbocycles. The summed E-state index contributed by atoms with van der Waals surface area (Å²) in [6.45, 7) is 0.444. The monoisotopic (exact) mass is 355 g/mol. The maximum Gasteiger partial charge on any atom is 0.436 e. The molecule has 2 aromatic rings. The van der Waals surface area contributed by atoms with Crippen LogP contribution in [0.4, 0.5) is 13.2 Å². The second-order valence-corrected chi connectivity index (χ2v) is 5.12. The van der Waals surface area contributed by atoms with E-state index in [1.807, 2.05) is 0 Å². The van der Waals surface area contributed by atoms with Gasteiger partial charge < -0.3 is 5.32 Å². The molecule has 6 nitrogen and oxygen atoms in total. The summed E-state index contributed by atoms with van der Waals surface area (Å²) in [6, 6.07) is 0. The van der Waals surface area contributed by atoms with Crippen LogP contribution in [0.1, 0.15) is 16.2 Å². The Bertz CT molecular complexity index is 694. The van der Waals surface area contributed by atoms with Gasteiger partial charge in [-0.2, -0.15) is 23.4 Å². The predicted octanol–water partition coefficient (Wildman–Crippen LogP) is 2.37. The van der Waals surface area contributed by atoms with Crippen LogP contribution in [0.3, 0.4) is 0 Å². The number of carbonyl (C=O) groups excluding carboxylic acids is 1. The van der Waals surface area contributed by atoms with Gasteiger partial charge in [0.1, 0.15) is 10.7 Å². The van der Waals surface area contributed by atoms with Crippen molar-refractivity contribution in [3.8, 4) is 0 Å². The predicted molar refractivity (Wildman–Crippen MR) is 72.8 cm³/mol. The molecule has 0 aromatic carbocycles. The minimum absolute atomic E-state index is 0.139. The number of nitrogens with one attached hydrogen (secondary N) is 1. The smallest absolute Gasteiger partial charge is 0.349 e. The molecule has 120 valence electrons. The summed E-state index contributed by atoms with van der Waals surface area (Å²) in [5, 5.41) is 9.29. The topological polar surface area (TPSA) is 64.7 Å². The molecule has 0 aliphatic rings. The lowest BCUT2D eigenvalue weighted by Crippen LogP contribution is -2.29. The van der Waals surface area contributed by atoms with E-state index in [0.29, 0.717) is 11.6 Å². The molecule has 0 aliphatic carbocycles. The molecule has 0 unspecified atom stereocenters. The van der Waals surface area contributed by atoms with Gasteiger partial charge in [0, 0.05) is 19.8 Å². The molecule has 0 aliphatic heterocycles. The van der Waals surface area contributed by atoms with E-state index in [4.69, 9.17) is 23.2 Å². The highest BCUT2D eigenvalue weighted by molar-refractivity contribution is 6.34. The van der Waals surface area contributed by atoms with Crippen LogP contribution in [-0.2, 0) is 19.8 Å². The molecule has 0 fully saturated rings. The molecule has 2 aromatic heterocycles. The maximum absolute atomic E-state index is 12.7. The van der Waals surface area contributed by atoms with Crippen LogP contribution in [0.2, 0.25) is 10.0 Å². The number of rotatable bonds is 4. The number of hydrogen-bond acceptors (Lipinski definition) is 3. The van der Waals surface area contributed by atoms with Crippen molar-refractivity contribution in [3.63, 3.8) is 0 Å². The SMILES string of the molecule is Cn1nc(C(F)(F)F)c(Cl)c1C(=O)NCCn1cc(Cl)cn1. The zero-order valence-electron chi connectivity index (χ0n) is 11.2. The fourth-order valence-electron chi connectivity index (χ4n) is 1.75. The van der Waals surface area contributed by atoms with Crippen LogP contribution in [-0.4, -0.2) is 32.0 Å². The Kier molecular flexibility index (Phi) is 4.66. The summed E-state index contributed by atoms with van der Waals surface area (Å²) >= 11 is 11.3. The van der Waals surface area contributed by atoms with Gasteiger partial charge in [-0.3, -0.25) is 14.2 Å². The van der Waals surface area contributed by atoms with Crippen LogP contribution in [0.15, 0.2) is 12.4 Å². The third kappa shape index (κ3) is 3.53. The van der Waals surface area contributed by atoms with Gasteiger partial charge in [-0.25, -0.2) is 0 Å². The van der Waals surface area contributed by atoms with E-state index in [9.17, 15) is 18.0 Å². The third-order valence-corrected chi connectivity index (χ3v) is 3.25. The lowest BCUT2D eigenvalue weighted by molar-refractivity contribution is -0.141. The molecule has 1 N–H and O–H groups in total. The molecule has 0 radical (unpaired) electrons. The molecule has 11 heteroatoms. The summed E-state index contributed by atoms with van der Waals surface area (Å²) in [5.74, 6) is -0.756. The van der Waals surface area contributed by atoms with Gasteiger partial charge in [-0.1, -0.05) is 23.2 Å². The van der Waals surface area contributed by atoms with Crippen LogP contribution in [0.25, 0.3) is 0 Å². The molecule has 22 heavy (non-hydrogen) atoms. The summed E-state index contributed by atoms with van der Waals surface area (Å²) < 4.78 is 40.3. The summed E-state index contributed by atoms with van der Waals surface area (Å²) in [6.07, 6.45) is -1.75. The number of alkyl halides is 3. The number of carbonyl (C=O) groups is 1. The number of halogens is 5. The second-order valence-electron chi connectivity index (χ2n) is 4.31. The highest BCUT2D eigenvalue weighted by atomic mass is 35.5. The number of nitrogens with zero attached hydrogens (tertiary/aromatic N) is 4. The average molecular weight is 356 g/mol. The van der Waals surface area contributed by atoms with E-state index in [1.54, 1.807) is 6.20 Å². The lowest BCUT2D eigenvalue weighted by Gasteiger charge is -2.06. The molecule has 0 atom stereocenters. The van der Waals surface area contributed by atoms with E-state index >= 15 is 0 Å². The van der Waals surface area contributed by atoms with Gasteiger partial charge in [0.15, 0.2) is 5.69 Å². The molecule has 0 saturated heterocycles. The van der Waals surface area contributed by atoms with E-state index < -0.39 is 22.8 Å². The van der Waals surface area contributed by atoms with E-state index in [2.05, 4.69) is 15.5 Å². The molecule has 1 amide bonds. The number of amides is 1. The first-order valence-corrected chi connectivity index (χ1v) is 6.71. The Hall–Kier alpha value is -1.74. The maximum atomic E-state index is 12.7. The highest BCUT2D eigenvalue weighted by Crippen LogP contribution is 2.35. The van der Waals surface area contributed by atoms with Crippen molar-refractivity contribution in [1.82, 2.24) is 24.9 Å². The van der Waals surface area contributed by atoms with Crippen molar-refractivity contribution < 1.29 is 18.0 Å². The standard InChI is InChI=1S/C11H10Cl2F3N5O/c1-20-8(7(13)9(19-20)11(14,15)16)10(22)17-2-3-21-5-6(12)4-18-21/h4-5H,2-3H2,1H3,(H,17,22). The second kappa shape index (κ2) is 6.17. The molecule has 0 bridgehead atoms. The number of aromatic nitrogens is 4. The summed E-state index contributed by atoms with van der Waals surface area (Å²) in [4.78, 5) is 11.9. The van der Waals surface area contributed by atoms with Crippen molar-refractivity contribution in [3.05, 3.63) is 33.8 Å². The van der Waals surface area contributed by atoms with Crippen LogP contribution in [0, 0.1) is 0 Å². The normalized spacial score (nSPS) is 11.7. The molecular weight excluding hydrogens is 346 g/mol. The van der Waals surface area contributed by atoms with E-state index in [-0.39, 0.29) is 12.2 Å². The Morgan fingerprint density at radius 2 is 2.09 bits per heavy atom. The molecule has 2 rings (SSSR count). The average Bonchev–Trinajstić information content (AvgIpc) is 2.93. The van der Waals surface area contributed by atoms with Crippen molar-refractivity contribution in [2.45, 2.75) is 12.7 Å². The summed E-state index contributed by atoms with van der Waals surface area (Å²) in [7, 11) is 1.21. The van der Waals surface area contributed by atoms with Gasteiger partial charge in [0.2, 0.25) is 0 Å². The van der Waals surface area contributed by atoms with Crippen molar-refractivity contribution in [2.75, 3.05) is 6.54 Å². The van der Waals surface area contributed by atoms with Crippen molar-refractivity contribution in [2.24, 2.45) is 7.05 Å². The zero-order chi connectivity index (χ0) is 16.5. The number of aryl methyl sites for hydroxylation is 1. The van der Waals surface area contributed by atoms with Gasteiger partial charge >= 0.3 is 6.18 Å². The van der Waals surface area contributed by atoms with Gasteiger partial charge in [-0.05, 0) is 0 Å². The van der Waals surface area contributed by atoms with Crippen LogP contribution in [0.5, 0.6) is 0 Å². The Morgan fingerprint density at radius 3 is 2.59 bits per heavy atom. The van der Waals surface area contributed by atoms with E-state index in [0.717, 1.165) is 4.68 Å². The third-order valence-electron chi connectivity index (χ3n) is 2.70. The summed E-state index contributed by atoms with van der Waals surface area (Å²) in [5.41, 5.74) is -1.65. The Labute approximate surface area is 132 Å². The van der Waals surface area contributed by atoms with Gasteiger partial charge in [0.05, 0.1) is 17.8 Å². The lowest BCUT2D eigenvalue weighted by atomic mass is 10.3. The minimum Gasteiger partial charge on any atom is -0.349 e. The first-order valence-electron chi connectivity index (χ1n) is 5.96. The quantitative estimate of drug-likeness (QED) is 0.915. The zero-order valence-corrected chi connectivity index (χ0v) is 12.7. The highest BCUT2D eigenvalue weighted by Gasteiger charge is 2.39. The minimum atomic E-state index is -4.72. The molecular formula is C11H10Cl2F3N5O. The first-order chi connectivity index (χ1) is 10.2. The number of hydrogen-bond donors (Lipinski definition) is 1. The fourth-order valence-corrected chi connectivity index (χ4v) is 2.26. The largest absolute Gasteiger partial charge is 0.436 e. The van der Waals surface area contributed by atoms with Crippen molar-refractivity contribution >= 4 is 29.1 Å². The van der Waals surface area contributed by atoms with E-state index in [1.165, 1.54) is 17.9 Å². The molecule has 2 heterocycles. The van der Waals surface area contributed by atoms with Gasteiger partial charge in [0.25, 0.3) is 5.91 Å². The van der Waals surface area contributed by atoms with Crippen LogP contribution >= 0.6 is 23.2 Å². The fraction of sp³-hybridized carbons (Fsp3) is 0.364. The Morgan fingerprint density at radius 1 is 1.41 bits per heavy atom.